The molecule has 0 saturated carbocycles. The topological polar surface area (TPSA) is 97.4 Å². The second kappa shape index (κ2) is 5.85. The van der Waals surface area contributed by atoms with Crippen LogP contribution in [0.3, 0.4) is 0 Å². The lowest BCUT2D eigenvalue weighted by atomic mass is 10.2. The van der Waals surface area contributed by atoms with Gasteiger partial charge in [0.25, 0.3) is 5.91 Å². The third kappa shape index (κ3) is 3.21. The van der Waals surface area contributed by atoms with Crippen molar-refractivity contribution in [3.63, 3.8) is 0 Å². The SMILES string of the molecule is O=C(O)c1ccoc1C(=O)NCCCn1cccn1. The zero-order chi connectivity index (χ0) is 13.7. The Hall–Kier alpha value is -2.57. The van der Waals surface area contributed by atoms with Crippen LogP contribution in [0.2, 0.25) is 0 Å². The van der Waals surface area contributed by atoms with Gasteiger partial charge in [0.05, 0.1) is 6.26 Å². The molecule has 2 heterocycles. The van der Waals surface area contributed by atoms with Crippen molar-refractivity contribution in [1.82, 2.24) is 15.1 Å². The number of carbonyl (C=O) groups is 2. The van der Waals surface area contributed by atoms with E-state index >= 15 is 0 Å². The first-order chi connectivity index (χ1) is 9.18. The Labute approximate surface area is 108 Å². The van der Waals surface area contributed by atoms with Crippen molar-refractivity contribution in [2.24, 2.45) is 0 Å². The van der Waals surface area contributed by atoms with Crippen LogP contribution in [0.4, 0.5) is 0 Å². The summed E-state index contributed by atoms with van der Waals surface area (Å²) in [6, 6.07) is 3.07. The highest BCUT2D eigenvalue weighted by Crippen LogP contribution is 2.10. The van der Waals surface area contributed by atoms with Crippen LogP contribution >= 0.6 is 0 Å². The molecule has 2 aromatic heterocycles. The van der Waals surface area contributed by atoms with Crippen molar-refractivity contribution in [2.75, 3.05) is 6.54 Å². The lowest BCUT2D eigenvalue weighted by Gasteiger charge is -2.04. The Morgan fingerprint density at radius 1 is 1.47 bits per heavy atom. The molecule has 0 spiro atoms. The van der Waals surface area contributed by atoms with Gasteiger partial charge in [-0.15, -0.1) is 0 Å². The zero-order valence-electron chi connectivity index (χ0n) is 10.1. The molecule has 2 N–H and O–H groups in total. The molecule has 0 bridgehead atoms. The molecule has 0 aromatic carbocycles. The first-order valence-electron chi connectivity index (χ1n) is 5.75. The molecule has 100 valence electrons. The van der Waals surface area contributed by atoms with E-state index in [1.54, 1.807) is 10.9 Å². The smallest absolute Gasteiger partial charge is 0.339 e. The van der Waals surface area contributed by atoms with E-state index in [1.165, 1.54) is 12.3 Å². The van der Waals surface area contributed by atoms with Gasteiger partial charge in [0.1, 0.15) is 5.56 Å². The summed E-state index contributed by atoms with van der Waals surface area (Å²) in [6.45, 7) is 1.09. The Morgan fingerprint density at radius 3 is 3.00 bits per heavy atom. The number of aromatic carboxylic acids is 1. The number of aryl methyl sites for hydroxylation is 1. The van der Waals surface area contributed by atoms with Crippen molar-refractivity contribution in [3.05, 3.63) is 42.1 Å². The molecule has 0 atom stereocenters. The number of amides is 1. The van der Waals surface area contributed by atoms with Crippen LogP contribution in [0.5, 0.6) is 0 Å². The molecule has 0 aliphatic rings. The lowest BCUT2D eigenvalue weighted by molar-refractivity contribution is 0.0688. The van der Waals surface area contributed by atoms with E-state index in [1.807, 2.05) is 12.3 Å². The van der Waals surface area contributed by atoms with Crippen molar-refractivity contribution >= 4 is 11.9 Å². The van der Waals surface area contributed by atoms with Crippen LogP contribution in [0.15, 0.2) is 35.2 Å². The molecule has 0 unspecified atom stereocenters. The Kier molecular flexibility index (Phi) is 3.97. The largest absolute Gasteiger partial charge is 0.478 e. The van der Waals surface area contributed by atoms with Crippen molar-refractivity contribution < 1.29 is 19.1 Å². The molecular formula is C12H13N3O4. The summed E-state index contributed by atoms with van der Waals surface area (Å²) >= 11 is 0. The van der Waals surface area contributed by atoms with E-state index in [9.17, 15) is 9.59 Å². The van der Waals surface area contributed by atoms with Crippen LogP contribution in [0.25, 0.3) is 0 Å². The second-order valence-electron chi connectivity index (χ2n) is 3.85. The van der Waals surface area contributed by atoms with Gasteiger partial charge in [-0.2, -0.15) is 5.10 Å². The molecule has 2 rings (SSSR count). The quantitative estimate of drug-likeness (QED) is 0.757. The van der Waals surface area contributed by atoms with E-state index in [-0.39, 0.29) is 11.3 Å². The van der Waals surface area contributed by atoms with Gasteiger partial charge >= 0.3 is 5.97 Å². The maximum Gasteiger partial charge on any atom is 0.339 e. The highest BCUT2D eigenvalue weighted by molar-refractivity contribution is 6.02. The average Bonchev–Trinajstić information content (AvgIpc) is 3.04. The minimum Gasteiger partial charge on any atom is -0.478 e. The van der Waals surface area contributed by atoms with Crippen molar-refractivity contribution in [3.8, 4) is 0 Å². The third-order valence-corrected chi connectivity index (χ3v) is 2.51. The van der Waals surface area contributed by atoms with E-state index in [0.29, 0.717) is 19.5 Å². The number of hydrogen-bond acceptors (Lipinski definition) is 4. The van der Waals surface area contributed by atoms with Gasteiger partial charge in [-0.05, 0) is 18.6 Å². The van der Waals surface area contributed by atoms with Crippen molar-refractivity contribution in [2.45, 2.75) is 13.0 Å². The molecule has 0 fully saturated rings. The first kappa shape index (κ1) is 12.9. The normalized spacial score (nSPS) is 10.3. The molecule has 7 heteroatoms. The summed E-state index contributed by atoms with van der Waals surface area (Å²) in [5.74, 6) is -1.88. The minimum atomic E-state index is -1.18. The van der Waals surface area contributed by atoms with E-state index in [2.05, 4.69) is 10.4 Å². The fourth-order valence-electron chi connectivity index (χ4n) is 1.61. The number of carboxylic acids is 1. The molecule has 0 aliphatic carbocycles. The van der Waals surface area contributed by atoms with Crippen LogP contribution in [0.1, 0.15) is 27.3 Å². The van der Waals surface area contributed by atoms with Gasteiger partial charge in [-0.25, -0.2) is 4.79 Å². The highest BCUT2D eigenvalue weighted by Gasteiger charge is 2.19. The summed E-state index contributed by atoms with van der Waals surface area (Å²) in [5.41, 5.74) is -0.135. The lowest BCUT2D eigenvalue weighted by Crippen LogP contribution is -2.26. The van der Waals surface area contributed by atoms with Gasteiger partial charge in [-0.3, -0.25) is 9.48 Å². The van der Waals surface area contributed by atoms with Gasteiger partial charge in [-0.1, -0.05) is 0 Å². The maximum absolute atomic E-state index is 11.7. The van der Waals surface area contributed by atoms with Crippen LogP contribution in [0, 0.1) is 0 Å². The number of hydrogen-bond donors (Lipinski definition) is 2. The number of nitrogens with one attached hydrogen (secondary N) is 1. The Bertz CT molecular complexity index is 559. The van der Waals surface area contributed by atoms with E-state index < -0.39 is 11.9 Å². The maximum atomic E-state index is 11.7. The number of aromatic nitrogens is 2. The van der Waals surface area contributed by atoms with Crippen molar-refractivity contribution in [1.29, 1.82) is 0 Å². The van der Waals surface area contributed by atoms with Gasteiger partial charge < -0.3 is 14.8 Å². The number of nitrogens with zero attached hydrogens (tertiary/aromatic N) is 2. The van der Waals surface area contributed by atoms with Crippen LogP contribution in [-0.2, 0) is 6.54 Å². The molecule has 1 amide bonds. The van der Waals surface area contributed by atoms with E-state index in [0.717, 1.165) is 0 Å². The van der Waals surface area contributed by atoms with Crippen LogP contribution in [-0.4, -0.2) is 33.3 Å². The number of rotatable bonds is 6. The minimum absolute atomic E-state index is 0.135. The summed E-state index contributed by atoms with van der Waals surface area (Å²) in [4.78, 5) is 22.5. The van der Waals surface area contributed by atoms with Gasteiger partial charge in [0.2, 0.25) is 5.76 Å². The molecule has 19 heavy (non-hydrogen) atoms. The fourth-order valence-corrected chi connectivity index (χ4v) is 1.61. The predicted octanol–water partition coefficient (Wildman–Crippen LogP) is 0.994. The molecule has 2 aromatic rings. The second-order valence-corrected chi connectivity index (χ2v) is 3.85. The predicted molar refractivity (Wildman–Crippen MR) is 64.8 cm³/mol. The van der Waals surface area contributed by atoms with Gasteiger partial charge in [0, 0.05) is 25.5 Å². The third-order valence-electron chi connectivity index (χ3n) is 2.51. The molecular weight excluding hydrogens is 250 g/mol. The molecule has 0 radical (unpaired) electrons. The number of carbonyl (C=O) groups excluding carboxylic acids is 1. The zero-order valence-corrected chi connectivity index (χ0v) is 10.1. The average molecular weight is 263 g/mol. The van der Waals surface area contributed by atoms with E-state index in [4.69, 9.17) is 9.52 Å². The molecule has 0 aliphatic heterocycles. The molecule has 7 nitrogen and oxygen atoms in total. The number of furan rings is 1. The van der Waals surface area contributed by atoms with Crippen LogP contribution < -0.4 is 5.32 Å². The Morgan fingerprint density at radius 2 is 2.32 bits per heavy atom. The summed E-state index contributed by atoms with van der Waals surface area (Å²) < 4.78 is 6.63. The first-order valence-corrected chi connectivity index (χ1v) is 5.75. The standard InChI is InChI=1S/C12H13N3O4/c16-11(10-9(12(17)18)3-8-19-10)13-4-1-6-15-7-2-5-14-15/h2-3,5,7-8H,1,4,6H2,(H,13,16)(H,17,18). The Balaban J connectivity index is 1.81. The molecule has 0 saturated heterocycles. The summed E-state index contributed by atoms with van der Waals surface area (Å²) in [5, 5.41) is 15.5. The van der Waals surface area contributed by atoms with Gasteiger partial charge in [0.15, 0.2) is 0 Å². The number of carboxylic acid groups (broad SMARTS) is 1. The summed E-state index contributed by atoms with van der Waals surface area (Å²) in [7, 11) is 0. The monoisotopic (exact) mass is 263 g/mol. The highest BCUT2D eigenvalue weighted by atomic mass is 16.4. The summed E-state index contributed by atoms with van der Waals surface area (Å²) in [6.07, 6.45) is 5.39. The fraction of sp³-hybridized carbons (Fsp3) is 0.250.